The molecule has 0 aliphatic carbocycles. The number of hydrogen-bond acceptors (Lipinski definition) is 4. The second-order valence-electron chi connectivity index (χ2n) is 4.93. The zero-order chi connectivity index (χ0) is 16.2. The third kappa shape index (κ3) is 6.43. The fourth-order valence-electron chi connectivity index (χ4n) is 1.57. The van der Waals surface area contributed by atoms with Crippen LogP contribution in [0.15, 0.2) is 12.1 Å². The third-order valence-corrected chi connectivity index (χ3v) is 4.34. The molecule has 118 valence electrons. The molecular formula is C13H15Cl3O4S. The summed E-state index contributed by atoms with van der Waals surface area (Å²) in [5.41, 5.74) is 0. The molecule has 0 saturated heterocycles. The summed E-state index contributed by atoms with van der Waals surface area (Å²) >= 11 is 17.4. The maximum Gasteiger partial charge on any atom is 0.309 e. The van der Waals surface area contributed by atoms with Gasteiger partial charge >= 0.3 is 10.1 Å². The van der Waals surface area contributed by atoms with E-state index in [-0.39, 0.29) is 38.9 Å². The fraction of sp³-hybridized carbons (Fsp3) is 0.462. The first-order valence-corrected chi connectivity index (χ1v) is 8.90. The van der Waals surface area contributed by atoms with Gasteiger partial charge in [0.05, 0.1) is 15.8 Å². The minimum absolute atomic E-state index is 0.00965. The quantitative estimate of drug-likeness (QED) is 0.666. The van der Waals surface area contributed by atoms with E-state index >= 15 is 0 Å². The molecule has 0 saturated carbocycles. The number of Topliss-reactive ketones (excluding diaryl/α,β-unsaturated/α-hetero) is 1. The van der Waals surface area contributed by atoms with Crippen LogP contribution in [0.5, 0.6) is 5.75 Å². The highest BCUT2D eigenvalue weighted by Crippen LogP contribution is 2.36. The van der Waals surface area contributed by atoms with Gasteiger partial charge in [-0.2, -0.15) is 8.42 Å². The lowest BCUT2D eigenvalue weighted by Crippen LogP contribution is -2.17. The predicted molar refractivity (Wildman–Crippen MR) is 85.0 cm³/mol. The highest BCUT2D eigenvalue weighted by molar-refractivity contribution is 7.87. The van der Waals surface area contributed by atoms with Gasteiger partial charge in [0.1, 0.15) is 5.78 Å². The second-order valence-corrected chi connectivity index (χ2v) is 7.87. The van der Waals surface area contributed by atoms with E-state index in [4.69, 9.17) is 39.0 Å². The standard InChI is InChI=1S/C13H15Cl3O4S/c1-8(2)5-10(17)3-4-21(18,19)20-13-11(15)6-9(14)7-12(13)16/h6-8H,3-5H2,1-2H3. The van der Waals surface area contributed by atoms with Crippen molar-refractivity contribution in [3.63, 3.8) is 0 Å². The number of carbonyl (C=O) groups excluding carboxylic acids is 1. The van der Waals surface area contributed by atoms with Gasteiger partial charge in [0.25, 0.3) is 0 Å². The van der Waals surface area contributed by atoms with E-state index in [0.717, 1.165) is 0 Å². The average molecular weight is 374 g/mol. The van der Waals surface area contributed by atoms with Crippen LogP contribution in [0, 0.1) is 5.92 Å². The van der Waals surface area contributed by atoms with Gasteiger partial charge in [-0.05, 0) is 18.1 Å². The monoisotopic (exact) mass is 372 g/mol. The summed E-state index contributed by atoms with van der Waals surface area (Å²) in [6.45, 7) is 3.77. The van der Waals surface area contributed by atoms with Crippen LogP contribution in [0.4, 0.5) is 0 Å². The molecule has 0 aromatic heterocycles. The smallest absolute Gasteiger partial charge is 0.309 e. The second kappa shape index (κ2) is 7.68. The highest BCUT2D eigenvalue weighted by atomic mass is 35.5. The Morgan fingerprint density at radius 3 is 2.19 bits per heavy atom. The zero-order valence-corrected chi connectivity index (χ0v) is 14.6. The van der Waals surface area contributed by atoms with Crippen molar-refractivity contribution in [3.8, 4) is 5.75 Å². The molecule has 1 rings (SSSR count). The fourth-order valence-corrected chi connectivity index (χ4v) is 3.55. The van der Waals surface area contributed by atoms with Gasteiger partial charge in [0, 0.05) is 17.9 Å². The van der Waals surface area contributed by atoms with Crippen LogP contribution in [0.1, 0.15) is 26.7 Å². The van der Waals surface area contributed by atoms with Crippen LogP contribution < -0.4 is 4.18 Å². The van der Waals surface area contributed by atoms with Crippen molar-refractivity contribution in [1.29, 1.82) is 0 Å². The van der Waals surface area contributed by atoms with Gasteiger partial charge < -0.3 is 4.18 Å². The molecule has 8 heteroatoms. The van der Waals surface area contributed by atoms with E-state index in [1.54, 1.807) is 0 Å². The van der Waals surface area contributed by atoms with Gasteiger partial charge in [-0.15, -0.1) is 0 Å². The molecule has 0 N–H and O–H groups in total. The number of ketones is 1. The Morgan fingerprint density at radius 2 is 1.71 bits per heavy atom. The van der Waals surface area contributed by atoms with Gasteiger partial charge in [-0.25, -0.2) is 0 Å². The Hall–Kier alpha value is -0.490. The topological polar surface area (TPSA) is 60.4 Å². The molecular weight excluding hydrogens is 359 g/mol. The minimum Gasteiger partial charge on any atom is -0.379 e. The van der Waals surface area contributed by atoms with Gasteiger partial charge in [-0.1, -0.05) is 48.7 Å². The number of rotatable bonds is 7. The van der Waals surface area contributed by atoms with E-state index in [0.29, 0.717) is 6.42 Å². The minimum atomic E-state index is -3.96. The van der Waals surface area contributed by atoms with Crippen LogP contribution in [0.25, 0.3) is 0 Å². The van der Waals surface area contributed by atoms with Crippen LogP contribution >= 0.6 is 34.8 Å². The van der Waals surface area contributed by atoms with Crippen LogP contribution in [-0.4, -0.2) is 20.0 Å². The normalized spacial score (nSPS) is 11.7. The molecule has 0 fully saturated rings. The Kier molecular flexibility index (Phi) is 6.78. The van der Waals surface area contributed by atoms with E-state index in [1.165, 1.54) is 12.1 Å². The number of carbonyl (C=O) groups is 1. The molecule has 1 aromatic carbocycles. The summed E-state index contributed by atoms with van der Waals surface area (Å²) in [6.07, 6.45) is 0.224. The third-order valence-electron chi connectivity index (χ3n) is 2.44. The lowest BCUT2D eigenvalue weighted by atomic mass is 10.1. The summed E-state index contributed by atoms with van der Waals surface area (Å²) < 4.78 is 28.6. The summed E-state index contributed by atoms with van der Waals surface area (Å²) in [7, 11) is -3.96. The highest BCUT2D eigenvalue weighted by Gasteiger charge is 2.20. The Balaban J connectivity index is 2.76. The molecule has 21 heavy (non-hydrogen) atoms. The first kappa shape index (κ1) is 18.6. The van der Waals surface area contributed by atoms with E-state index in [2.05, 4.69) is 0 Å². The molecule has 0 heterocycles. The molecule has 0 radical (unpaired) electrons. The SMILES string of the molecule is CC(C)CC(=O)CCS(=O)(=O)Oc1c(Cl)cc(Cl)cc1Cl. The first-order chi connectivity index (χ1) is 9.60. The molecule has 0 aliphatic heterocycles. The predicted octanol–water partition coefficient (Wildman–Crippen LogP) is 4.36. The van der Waals surface area contributed by atoms with Crippen molar-refractivity contribution in [2.45, 2.75) is 26.7 Å². The Bertz CT molecular complexity index is 603. The molecule has 4 nitrogen and oxygen atoms in total. The molecule has 0 atom stereocenters. The Labute approximate surface area is 139 Å². The van der Waals surface area contributed by atoms with Gasteiger partial charge in [-0.3, -0.25) is 4.79 Å². The van der Waals surface area contributed by atoms with Crippen molar-refractivity contribution < 1.29 is 17.4 Å². The van der Waals surface area contributed by atoms with Crippen LogP contribution in [0.2, 0.25) is 15.1 Å². The lowest BCUT2D eigenvalue weighted by Gasteiger charge is -2.10. The summed E-state index contributed by atoms with van der Waals surface area (Å²) in [4.78, 5) is 11.5. The molecule has 0 aliphatic rings. The van der Waals surface area contributed by atoms with Crippen molar-refractivity contribution in [3.05, 3.63) is 27.2 Å². The lowest BCUT2D eigenvalue weighted by molar-refractivity contribution is -0.119. The van der Waals surface area contributed by atoms with Gasteiger partial charge in [0.15, 0.2) is 5.75 Å². The molecule has 0 spiro atoms. The van der Waals surface area contributed by atoms with Crippen LogP contribution in [-0.2, 0) is 14.9 Å². The summed E-state index contributed by atoms with van der Waals surface area (Å²) in [6, 6.07) is 2.65. The maximum atomic E-state index is 11.9. The molecule has 0 amide bonds. The molecule has 1 aromatic rings. The summed E-state index contributed by atoms with van der Waals surface area (Å²) in [5, 5.41) is 0.246. The first-order valence-electron chi connectivity index (χ1n) is 6.19. The van der Waals surface area contributed by atoms with Crippen molar-refractivity contribution in [2.75, 3.05) is 5.75 Å². The van der Waals surface area contributed by atoms with E-state index in [9.17, 15) is 13.2 Å². The number of benzene rings is 1. The number of hydrogen-bond donors (Lipinski definition) is 0. The van der Waals surface area contributed by atoms with Crippen molar-refractivity contribution in [2.24, 2.45) is 5.92 Å². The largest absolute Gasteiger partial charge is 0.379 e. The van der Waals surface area contributed by atoms with Gasteiger partial charge in [0.2, 0.25) is 0 Å². The summed E-state index contributed by atoms with van der Waals surface area (Å²) in [5.74, 6) is -0.556. The Morgan fingerprint density at radius 1 is 1.19 bits per heavy atom. The molecule has 0 unspecified atom stereocenters. The molecule has 0 bridgehead atoms. The van der Waals surface area contributed by atoms with Crippen molar-refractivity contribution in [1.82, 2.24) is 0 Å². The average Bonchev–Trinajstić information content (AvgIpc) is 2.31. The van der Waals surface area contributed by atoms with Crippen LogP contribution in [0.3, 0.4) is 0 Å². The maximum absolute atomic E-state index is 11.9. The zero-order valence-electron chi connectivity index (χ0n) is 11.5. The van der Waals surface area contributed by atoms with E-state index in [1.807, 2.05) is 13.8 Å². The van der Waals surface area contributed by atoms with Crippen molar-refractivity contribution >= 4 is 50.7 Å². The number of halogens is 3. The van der Waals surface area contributed by atoms with E-state index < -0.39 is 15.9 Å².